The third kappa shape index (κ3) is 2.19. The Labute approximate surface area is 68.6 Å². The molecule has 0 radical (unpaired) electrons. The minimum absolute atomic E-state index is 0.298. The molecule has 0 aliphatic carbocycles. The summed E-state index contributed by atoms with van der Waals surface area (Å²) in [6.07, 6.45) is 0. The van der Waals surface area contributed by atoms with Gasteiger partial charge in [-0.3, -0.25) is 5.10 Å². The summed E-state index contributed by atoms with van der Waals surface area (Å²) in [7, 11) is 0. The average molecular weight is 178 g/mol. The molecule has 0 unspecified atom stereocenters. The Hall–Kier alpha value is -0.220. The first-order valence-corrected chi connectivity index (χ1v) is 4.50. The highest BCUT2D eigenvalue weighted by Gasteiger charge is 1.97. The van der Waals surface area contributed by atoms with E-state index in [0.717, 1.165) is 17.3 Å². The second-order valence-electron chi connectivity index (χ2n) is 1.69. The molecule has 0 aromatic carbocycles. The van der Waals surface area contributed by atoms with Crippen molar-refractivity contribution in [1.29, 1.82) is 0 Å². The zero-order chi connectivity index (χ0) is 7.40. The molecule has 0 aliphatic rings. The molecule has 1 aromatic heterocycles. The van der Waals surface area contributed by atoms with E-state index >= 15 is 0 Å². The first-order chi connectivity index (χ1) is 4.83. The van der Waals surface area contributed by atoms with E-state index in [-0.39, 0.29) is 0 Å². The van der Waals surface area contributed by atoms with Crippen molar-refractivity contribution in [3.8, 4) is 0 Å². The molecule has 0 aliphatic heterocycles. The summed E-state index contributed by atoms with van der Waals surface area (Å²) in [4.78, 5) is 3.93. The van der Waals surface area contributed by atoms with Gasteiger partial charge in [0.2, 0.25) is 5.28 Å². The van der Waals surface area contributed by atoms with Crippen LogP contribution in [0.25, 0.3) is 0 Å². The Morgan fingerprint density at radius 3 is 3.00 bits per heavy atom. The number of thioether (sulfide) groups is 1. The van der Waals surface area contributed by atoms with Crippen LogP contribution >= 0.6 is 23.4 Å². The topological polar surface area (TPSA) is 41.6 Å². The van der Waals surface area contributed by atoms with Crippen molar-refractivity contribution in [3.63, 3.8) is 0 Å². The Morgan fingerprint density at radius 1 is 1.70 bits per heavy atom. The maximum Gasteiger partial charge on any atom is 0.242 e. The first-order valence-electron chi connectivity index (χ1n) is 2.97. The summed E-state index contributed by atoms with van der Waals surface area (Å²) in [5.74, 6) is 2.78. The maximum absolute atomic E-state index is 5.48. The molecule has 1 heterocycles. The van der Waals surface area contributed by atoms with E-state index in [9.17, 15) is 0 Å². The fraction of sp³-hybridized carbons (Fsp3) is 0.600. The molecular formula is C5H8ClN3S. The quantitative estimate of drug-likeness (QED) is 0.765. The molecule has 56 valence electrons. The van der Waals surface area contributed by atoms with E-state index in [2.05, 4.69) is 22.1 Å². The van der Waals surface area contributed by atoms with Crippen molar-refractivity contribution in [3.05, 3.63) is 11.1 Å². The van der Waals surface area contributed by atoms with E-state index < -0.39 is 0 Å². The second kappa shape index (κ2) is 3.83. The molecule has 1 rings (SSSR count). The fourth-order valence-corrected chi connectivity index (χ4v) is 1.21. The van der Waals surface area contributed by atoms with Crippen LogP contribution in [0.3, 0.4) is 0 Å². The minimum Gasteiger partial charge on any atom is -0.261 e. The molecule has 0 fully saturated rings. The molecule has 3 nitrogen and oxygen atoms in total. The van der Waals surface area contributed by atoms with Crippen LogP contribution < -0.4 is 0 Å². The van der Waals surface area contributed by atoms with E-state index in [0.29, 0.717) is 5.28 Å². The van der Waals surface area contributed by atoms with E-state index in [4.69, 9.17) is 11.6 Å². The largest absolute Gasteiger partial charge is 0.261 e. The third-order valence-corrected chi connectivity index (χ3v) is 2.00. The monoisotopic (exact) mass is 177 g/mol. The lowest BCUT2D eigenvalue weighted by molar-refractivity contribution is 1.02. The summed E-state index contributed by atoms with van der Waals surface area (Å²) in [6, 6.07) is 0. The van der Waals surface area contributed by atoms with E-state index in [1.165, 1.54) is 0 Å². The van der Waals surface area contributed by atoms with Crippen LogP contribution in [0.15, 0.2) is 0 Å². The van der Waals surface area contributed by atoms with Crippen molar-refractivity contribution >= 4 is 23.4 Å². The lowest BCUT2D eigenvalue weighted by Gasteiger charge is -1.89. The molecule has 0 bridgehead atoms. The number of aromatic amines is 1. The van der Waals surface area contributed by atoms with Crippen molar-refractivity contribution in [2.75, 3.05) is 5.75 Å². The van der Waals surface area contributed by atoms with Crippen LogP contribution in [-0.4, -0.2) is 20.9 Å². The third-order valence-electron chi connectivity index (χ3n) is 0.947. The highest BCUT2D eigenvalue weighted by atomic mass is 35.5. The SMILES string of the molecule is CCSCc1nc(Cl)n[nH]1. The van der Waals surface area contributed by atoms with Gasteiger partial charge in [0.1, 0.15) is 5.82 Å². The average Bonchev–Trinajstić information content (AvgIpc) is 2.31. The number of hydrogen-bond acceptors (Lipinski definition) is 3. The highest BCUT2D eigenvalue weighted by molar-refractivity contribution is 7.98. The molecule has 10 heavy (non-hydrogen) atoms. The van der Waals surface area contributed by atoms with Crippen molar-refractivity contribution < 1.29 is 0 Å². The van der Waals surface area contributed by atoms with Gasteiger partial charge in [0.15, 0.2) is 0 Å². The predicted octanol–water partition coefficient (Wildman–Crippen LogP) is 1.71. The number of nitrogens with zero attached hydrogens (tertiary/aromatic N) is 2. The summed E-state index contributed by atoms with van der Waals surface area (Å²) in [5.41, 5.74) is 0. The van der Waals surface area contributed by atoms with Gasteiger partial charge < -0.3 is 0 Å². The summed E-state index contributed by atoms with van der Waals surface area (Å²) in [5, 5.41) is 6.71. The van der Waals surface area contributed by atoms with Crippen LogP contribution in [0.4, 0.5) is 0 Å². The Morgan fingerprint density at radius 2 is 2.50 bits per heavy atom. The zero-order valence-electron chi connectivity index (χ0n) is 5.59. The first kappa shape index (κ1) is 7.88. The van der Waals surface area contributed by atoms with Gasteiger partial charge in [-0.05, 0) is 17.4 Å². The molecule has 0 saturated heterocycles. The normalized spacial score (nSPS) is 10.2. The van der Waals surface area contributed by atoms with Crippen molar-refractivity contribution in [2.24, 2.45) is 0 Å². The Balaban J connectivity index is 2.42. The minimum atomic E-state index is 0.298. The van der Waals surface area contributed by atoms with Gasteiger partial charge in [-0.2, -0.15) is 11.8 Å². The second-order valence-corrected chi connectivity index (χ2v) is 3.30. The number of H-pyrrole nitrogens is 1. The molecule has 0 spiro atoms. The predicted molar refractivity (Wildman–Crippen MR) is 43.2 cm³/mol. The lowest BCUT2D eigenvalue weighted by Crippen LogP contribution is -1.83. The molecule has 0 saturated carbocycles. The molecular weight excluding hydrogens is 170 g/mol. The number of nitrogens with one attached hydrogen (secondary N) is 1. The van der Waals surface area contributed by atoms with Gasteiger partial charge in [-0.1, -0.05) is 6.92 Å². The lowest BCUT2D eigenvalue weighted by atomic mass is 10.7. The molecule has 5 heteroatoms. The number of rotatable bonds is 3. The van der Waals surface area contributed by atoms with E-state index in [1.54, 1.807) is 11.8 Å². The number of halogens is 1. The van der Waals surface area contributed by atoms with Crippen LogP contribution in [0.2, 0.25) is 5.28 Å². The van der Waals surface area contributed by atoms with Gasteiger partial charge in [0.05, 0.1) is 5.75 Å². The highest BCUT2D eigenvalue weighted by Crippen LogP contribution is 2.08. The van der Waals surface area contributed by atoms with Crippen LogP contribution in [-0.2, 0) is 5.75 Å². The molecule has 0 atom stereocenters. The van der Waals surface area contributed by atoms with Crippen LogP contribution in [0, 0.1) is 0 Å². The molecule has 1 aromatic rings. The van der Waals surface area contributed by atoms with Gasteiger partial charge >= 0.3 is 0 Å². The van der Waals surface area contributed by atoms with Crippen molar-refractivity contribution in [2.45, 2.75) is 12.7 Å². The summed E-state index contributed by atoms with van der Waals surface area (Å²) < 4.78 is 0. The summed E-state index contributed by atoms with van der Waals surface area (Å²) >= 11 is 7.26. The van der Waals surface area contributed by atoms with Crippen molar-refractivity contribution in [1.82, 2.24) is 15.2 Å². The van der Waals surface area contributed by atoms with Gasteiger partial charge in [-0.15, -0.1) is 5.10 Å². The van der Waals surface area contributed by atoms with Crippen LogP contribution in [0.1, 0.15) is 12.7 Å². The van der Waals surface area contributed by atoms with Gasteiger partial charge in [-0.25, -0.2) is 4.98 Å². The molecule has 0 amide bonds. The van der Waals surface area contributed by atoms with Gasteiger partial charge in [0, 0.05) is 0 Å². The van der Waals surface area contributed by atoms with Gasteiger partial charge in [0.25, 0.3) is 0 Å². The smallest absolute Gasteiger partial charge is 0.242 e. The van der Waals surface area contributed by atoms with E-state index in [1.807, 2.05) is 0 Å². The standard InChI is InChI=1S/C5H8ClN3S/c1-2-10-3-4-7-5(6)9-8-4/h2-3H2,1H3,(H,7,8,9). The molecule has 1 N–H and O–H groups in total. The fourth-order valence-electron chi connectivity index (χ4n) is 0.535. The maximum atomic E-state index is 5.48. The Bertz CT molecular complexity index is 201. The number of aromatic nitrogens is 3. The van der Waals surface area contributed by atoms with Crippen LogP contribution in [0.5, 0.6) is 0 Å². The zero-order valence-corrected chi connectivity index (χ0v) is 7.17. The Kier molecular flexibility index (Phi) is 3.02. The summed E-state index contributed by atoms with van der Waals surface area (Å²) in [6.45, 7) is 2.10. The number of hydrogen-bond donors (Lipinski definition) is 1.